The molecule has 0 saturated carbocycles. The van der Waals surface area contributed by atoms with E-state index >= 15 is 0 Å². The van der Waals surface area contributed by atoms with Crippen molar-refractivity contribution in [2.45, 2.75) is 32.7 Å². The molecule has 0 aliphatic rings. The highest BCUT2D eigenvalue weighted by atomic mass is 19.1. The van der Waals surface area contributed by atoms with Gasteiger partial charge in [-0.3, -0.25) is 9.59 Å². The number of carboxylic acid groups (broad SMARTS) is 1. The molecule has 1 atom stereocenters. The number of halogens is 1. The number of benzene rings is 2. The summed E-state index contributed by atoms with van der Waals surface area (Å²) in [6, 6.07) is 12.0. The van der Waals surface area contributed by atoms with E-state index in [1.807, 2.05) is 32.0 Å². The molecule has 3 rings (SSSR count). The molecule has 6 nitrogen and oxygen atoms in total. The summed E-state index contributed by atoms with van der Waals surface area (Å²) in [5.74, 6) is -2.01. The third-order valence-electron chi connectivity index (χ3n) is 5.03. The molecule has 1 unspecified atom stereocenters. The first kappa shape index (κ1) is 23.1. The van der Waals surface area contributed by atoms with Gasteiger partial charge in [-0.25, -0.2) is 4.39 Å². The minimum Gasteiger partial charge on any atom is -0.481 e. The van der Waals surface area contributed by atoms with Gasteiger partial charge in [0.25, 0.3) is 5.91 Å². The van der Waals surface area contributed by atoms with Crippen molar-refractivity contribution in [3.05, 3.63) is 70.7 Å². The van der Waals surface area contributed by atoms with E-state index in [2.05, 4.69) is 5.32 Å². The Morgan fingerprint density at radius 1 is 1.13 bits per heavy atom. The SMILES string of the molecule is CCC(C(=O)O)c1ccc(CNC(=O)c2cc3c(F)cc(C)cc3n2C)cc1.CO. The largest absolute Gasteiger partial charge is 0.481 e. The van der Waals surface area contributed by atoms with Crippen LogP contribution in [0.4, 0.5) is 4.39 Å². The van der Waals surface area contributed by atoms with E-state index in [1.165, 1.54) is 6.07 Å². The number of aliphatic hydroxyl groups excluding tert-OH is 1. The Kier molecular flexibility index (Phi) is 7.72. The zero-order valence-corrected chi connectivity index (χ0v) is 17.6. The summed E-state index contributed by atoms with van der Waals surface area (Å²) < 4.78 is 15.8. The van der Waals surface area contributed by atoms with Crippen LogP contribution in [0, 0.1) is 12.7 Å². The molecule has 160 valence electrons. The standard InChI is InChI=1S/C22H23FN2O3.CH4O/c1-4-16(22(27)28)15-7-5-14(6-8-15)12-24-21(26)20-11-17-18(23)9-13(2)10-19(17)25(20)3;1-2/h5-11,16H,4,12H2,1-3H3,(H,24,26)(H,27,28);2H,1H3. The first-order chi connectivity index (χ1) is 14.3. The number of aryl methyl sites for hydroxylation is 2. The summed E-state index contributed by atoms with van der Waals surface area (Å²) in [4.78, 5) is 23.8. The molecule has 0 aliphatic heterocycles. The fraction of sp³-hybridized carbons (Fsp3) is 0.304. The predicted octanol–water partition coefficient (Wildman–Crippen LogP) is 3.74. The minimum atomic E-state index is -0.846. The maximum absolute atomic E-state index is 14.2. The van der Waals surface area contributed by atoms with E-state index < -0.39 is 11.9 Å². The lowest BCUT2D eigenvalue weighted by Crippen LogP contribution is -2.24. The second-order valence-corrected chi connectivity index (χ2v) is 6.99. The second kappa shape index (κ2) is 10.0. The molecular formula is C23H27FN2O4. The molecule has 3 N–H and O–H groups in total. The predicted molar refractivity (Wildman–Crippen MR) is 114 cm³/mol. The van der Waals surface area contributed by atoms with Gasteiger partial charge in [-0.05, 0) is 48.2 Å². The van der Waals surface area contributed by atoms with E-state index in [-0.39, 0.29) is 11.7 Å². The normalized spacial score (nSPS) is 11.5. The Morgan fingerprint density at radius 2 is 1.77 bits per heavy atom. The zero-order valence-electron chi connectivity index (χ0n) is 17.6. The number of aliphatic hydroxyl groups is 1. The van der Waals surface area contributed by atoms with Crippen LogP contribution in [0.25, 0.3) is 10.9 Å². The number of amides is 1. The van der Waals surface area contributed by atoms with Gasteiger partial charge in [-0.2, -0.15) is 0 Å². The van der Waals surface area contributed by atoms with E-state index in [9.17, 15) is 19.1 Å². The summed E-state index contributed by atoms with van der Waals surface area (Å²) in [5.41, 5.74) is 3.45. The van der Waals surface area contributed by atoms with Crippen LogP contribution in [-0.2, 0) is 18.4 Å². The van der Waals surface area contributed by atoms with Crippen molar-refractivity contribution in [2.75, 3.05) is 7.11 Å². The molecule has 0 fully saturated rings. The average Bonchev–Trinajstić information content (AvgIpc) is 3.06. The smallest absolute Gasteiger partial charge is 0.310 e. The molecule has 1 aromatic heterocycles. The van der Waals surface area contributed by atoms with E-state index in [0.717, 1.165) is 23.8 Å². The maximum atomic E-state index is 14.2. The van der Waals surface area contributed by atoms with Crippen LogP contribution in [0.2, 0.25) is 0 Å². The quantitative estimate of drug-likeness (QED) is 0.573. The van der Waals surface area contributed by atoms with Crippen LogP contribution in [0.3, 0.4) is 0 Å². The monoisotopic (exact) mass is 414 g/mol. The molecular weight excluding hydrogens is 387 g/mol. The van der Waals surface area contributed by atoms with Gasteiger partial charge in [0.15, 0.2) is 0 Å². The number of carboxylic acids is 1. The van der Waals surface area contributed by atoms with Gasteiger partial charge in [0.1, 0.15) is 11.5 Å². The number of aliphatic carboxylic acids is 1. The summed E-state index contributed by atoms with van der Waals surface area (Å²) in [5, 5.41) is 19.5. The molecule has 2 aromatic carbocycles. The summed E-state index contributed by atoms with van der Waals surface area (Å²) in [7, 11) is 2.74. The van der Waals surface area contributed by atoms with Gasteiger partial charge in [-0.1, -0.05) is 31.2 Å². The van der Waals surface area contributed by atoms with Crippen LogP contribution in [-0.4, -0.2) is 33.8 Å². The van der Waals surface area contributed by atoms with Gasteiger partial charge in [0.2, 0.25) is 0 Å². The molecule has 7 heteroatoms. The van der Waals surface area contributed by atoms with Gasteiger partial charge >= 0.3 is 5.97 Å². The van der Waals surface area contributed by atoms with Crippen LogP contribution in [0.5, 0.6) is 0 Å². The summed E-state index contributed by atoms with van der Waals surface area (Å²) in [6.07, 6.45) is 0.516. The Balaban J connectivity index is 0.00000155. The van der Waals surface area contributed by atoms with Gasteiger partial charge < -0.3 is 20.1 Å². The fourth-order valence-electron chi connectivity index (χ4n) is 3.43. The fourth-order valence-corrected chi connectivity index (χ4v) is 3.43. The number of fused-ring (bicyclic) bond motifs is 1. The van der Waals surface area contributed by atoms with Crippen molar-refractivity contribution < 1.29 is 24.2 Å². The van der Waals surface area contributed by atoms with Gasteiger partial charge in [0.05, 0.1) is 11.4 Å². The number of carbonyl (C=O) groups excluding carboxylic acids is 1. The Bertz CT molecular complexity index is 1040. The Morgan fingerprint density at radius 3 is 2.33 bits per heavy atom. The van der Waals surface area contributed by atoms with E-state index in [4.69, 9.17) is 5.11 Å². The maximum Gasteiger partial charge on any atom is 0.310 e. The highest BCUT2D eigenvalue weighted by molar-refractivity contribution is 5.99. The third kappa shape index (κ3) is 4.86. The number of nitrogens with zero attached hydrogens (tertiary/aromatic N) is 1. The van der Waals surface area contributed by atoms with Crippen molar-refractivity contribution in [1.29, 1.82) is 0 Å². The summed E-state index contributed by atoms with van der Waals surface area (Å²) in [6.45, 7) is 3.94. The van der Waals surface area contributed by atoms with Crippen LogP contribution < -0.4 is 5.32 Å². The van der Waals surface area contributed by atoms with Crippen molar-refractivity contribution >= 4 is 22.8 Å². The van der Waals surface area contributed by atoms with Crippen molar-refractivity contribution in [2.24, 2.45) is 7.05 Å². The molecule has 0 radical (unpaired) electrons. The second-order valence-electron chi connectivity index (χ2n) is 6.99. The number of hydrogen-bond acceptors (Lipinski definition) is 3. The molecule has 0 aliphatic carbocycles. The lowest BCUT2D eigenvalue weighted by Gasteiger charge is -2.11. The number of hydrogen-bond donors (Lipinski definition) is 3. The number of nitrogens with one attached hydrogen (secondary N) is 1. The third-order valence-corrected chi connectivity index (χ3v) is 5.03. The minimum absolute atomic E-state index is 0.295. The molecule has 0 bridgehead atoms. The lowest BCUT2D eigenvalue weighted by molar-refractivity contribution is -0.138. The molecule has 0 saturated heterocycles. The summed E-state index contributed by atoms with van der Waals surface area (Å²) >= 11 is 0. The van der Waals surface area contributed by atoms with E-state index in [0.29, 0.717) is 29.6 Å². The van der Waals surface area contributed by atoms with E-state index in [1.54, 1.807) is 29.8 Å². The average molecular weight is 414 g/mol. The first-order valence-corrected chi connectivity index (χ1v) is 9.62. The number of aromatic nitrogens is 1. The topological polar surface area (TPSA) is 91.6 Å². The van der Waals surface area contributed by atoms with Gasteiger partial charge in [-0.15, -0.1) is 0 Å². The number of rotatable bonds is 6. The molecule has 30 heavy (non-hydrogen) atoms. The molecule has 1 heterocycles. The van der Waals surface area contributed by atoms with Gasteiger partial charge in [0, 0.05) is 26.1 Å². The van der Waals surface area contributed by atoms with Crippen LogP contribution >= 0.6 is 0 Å². The Hall–Kier alpha value is -3.19. The molecule has 3 aromatic rings. The Labute approximate surface area is 175 Å². The lowest BCUT2D eigenvalue weighted by atomic mass is 9.96. The van der Waals surface area contributed by atoms with Crippen molar-refractivity contribution in [3.8, 4) is 0 Å². The molecule has 1 amide bonds. The van der Waals surface area contributed by atoms with Crippen molar-refractivity contribution in [1.82, 2.24) is 9.88 Å². The highest BCUT2D eigenvalue weighted by Crippen LogP contribution is 2.24. The zero-order chi connectivity index (χ0) is 22.4. The highest BCUT2D eigenvalue weighted by Gasteiger charge is 2.18. The van der Waals surface area contributed by atoms with Crippen molar-refractivity contribution in [3.63, 3.8) is 0 Å². The first-order valence-electron chi connectivity index (χ1n) is 9.62. The van der Waals surface area contributed by atoms with Crippen LogP contribution in [0.15, 0.2) is 42.5 Å². The number of carbonyl (C=O) groups is 2. The van der Waals surface area contributed by atoms with Crippen LogP contribution in [0.1, 0.15) is 46.4 Å². The molecule has 0 spiro atoms.